The Morgan fingerprint density at radius 2 is 1.94 bits per heavy atom. The van der Waals surface area contributed by atoms with Gasteiger partial charge >= 0.3 is 6.09 Å². The van der Waals surface area contributed by atoms with E-state index in [0.29, 0.717) is 6.54 Å². The van der Waals surface area contributed by atoms with Crippen molar-refractivity contribution in [1.82, 2.24) is 4.90 Å². The van der Waals surface area contributed by atoms with Gasteiger partial charge in [0.05, 0.1) is 0 Å². The molecule has 0 bridgehead atoms. The maximum atomic E-state index is 10.8. The van der Waals surface area contributed by atoms with E-state index < -0.39 is 6.09 Å². The summed E-state index contributed by atoms with van der Waals surface area (Å²) in [6.45, 7) is 8.91. The Kier molecular flexibility index (Phi) is 3.81. The molecule has 0 aliphatic rings. The third kappa shape index (κ3) is 3.48. The summed E-state index contributed by atoms with van der Waals surface area (Å²) in [6.07, 6.45) is -0.898. The van der Waals surface area contributed by atoms with Crippen molar-refractivity contribution in [3.63, 3.8) is 0 Å². The van der Waals surface area contributed by atoms with Gasteiger partial charge in [0, 0.05) is 13.6 Å². The summed E-state index contributed by atoms with van der Waals surface area (Å²) in [4.78, 5) is 12.1. The van der Waals surface area contributed by atoms with E-state index in [1.165, 1.54) is 10.5 Å². The molecule has 1 N–H and O–H groups in total. The van der Waals surface area contributed by atoms with Crippen molar-refractivity contribution < 1.29 is 9.90 Å². The van der Waals surface area contributed by atoms with E-state index >= 15 is 0 Å². The van der Waals surface area contributed by atoms with Crippen LogP contribution in [0.5, 0.6) is 0 Å². The molecule has 3 heteroatoms. The van der Waals surface area contributed by atoms with Crippen LogP contribution in [0.3, 0.4) is 0 Å². The predicted octanol–water partition coefficient (Wildman–Crippen LogP) is 3.40. The molecule has 0 heterocycles. The van der Waals surface area contributed by atoms with Gasteiger partial charge < -0.3 is 10.0 Å². The molecule has 0 aromatic heterocycles. The number of hydrogen-bond acceptors (Lipinski definition) is 1. The molecule has 0 radical (unpaired) electrons. The van der Waals surface area contributed by atoms with Crippen LogP contribution < -0.4 is 0 Å². The van der Waals surface area contributed by atoms with Crippen LogP contribution >= 0.6 is 0 Å². The van der Waals surface area contributed by atoms with Crippen LogP contribution in [0.15, 0.2) is 18.2 Å². The normalized spacial score (nSPS) is 11.4. The molecule has 1 rings (SSSR count). The molecule has 1 amide bonds. The predicted molar refractivity (Wildman–Crippen MR) is 69.4 cm³/mol. The van der Waals surface area contributed by atoms with Gasteiger partial charge in [0.15, 0.2) is 0 Å². The average Bonchev–Trinajstić information content (AvgIpc) is 2.19. The lowest BCUT2D eigenvalue weighted by Crippen LogP contribution is -2.24. The molecule has 0 atom stereocenters. The number of carboxylic acid groups (broad SMARTS) is 1. The average molecular weight is 235 g/mol. The zero-order chi connectivity index (χ0) is 13.2. The van der Waals surface area contributed by atoms with Crippen molar-refractivity contribution in [2.75, 3.05) is 7.05 Å². The quantitative estimate of drug-likeness (QED) is 0.853. The van der Waals surface area contributed by atoms with Crippen molar-refractivity contribution in [2.45, 2.75) is 39.7 Å². The maximum Gasteiger partial charge on any atom is 0.407 e. The standard InChI is InChI=1S/C14H21NO2/c1-10-6-7-12(14(2,3)4)8-11(10)9-15(5)13(16)17/h6-8H,9H2,1-5H3,(H,16,17). The van der Waals surface area contributed by atoms with Crippen molar-refractivity contribution in [3.05, 3.63) is 34.9 Å². The van der Waals surface area contributed by atoms with Crippen LogP contribution in [-0.2, 0) is 12.0 Å². The van der Waals surface area contributed by atoms with Gasteiger partial charge in [-0.1, -0.05) is 39.0 Å². The Bertz CT molecular complexity index is 419. The van der Waals surface area contributed by atoms with E-state index in [1.54, 1.807) is 7.05 Å². The van der Waals surface area contributed by atoms with Crippen molar-refractivity contribution in [1.29, 1.82) is 0 Å². The van der Waals surface area contributed by atoms with Crippen LogP contribution in [0.4, 0.5) is 4.79 Å². The van der Waals surface area contributed by atoms with Gasteiger partial charge in [-0.3, -0.25) is 0 Å². The summed E-state index contributed by atoms with van der Waals surface area (Å²) >= 11 is 0. The number of amides is 1. The Balaban J connectivity index is 3.03. The SMILES string of the molecule is Cc1ccc(C(C)(C)C)cc1CN(C)C(=O)O. The van der Waals surface area contributed by atoms with Crippen LogP contribution in [0.1, 0.15) is 37.5 Å². The van der Waals surface area contributed by atoms with Gasteiger partial charge in [0.25, 0.3) is 0 Å². The first-order valence-electron chi connectivity index (χ1n) is 5.76. The largest absolute Gasteiger partial charge is 0.465 e. The van der Waals surface area contributed by atoms with Gasteiger partial charge in [-0.2, -0.15) is 0 Å². The highest BCUT2D eigenvalue weighted by Gasteiger charge is 2.16. The fourth-order valence-electron chi connectivity index (χ4n) is 1.63. The smallest absolute Gasteiger partial charge is 0.407 e. The molecule has 3 nitrogen and oxygen atoms in total. The Morgan fingerprint density at radius 3 is 2.41 bits per heavy atom. The molecule has 94 valence electrons. The summed E-state index contributed by atoms with van der Waals surface area (Å²) in [6, 6.07) is 6.28. The fourth-order valence-corrected chi connectivity index (χ4v) is 1.63. The monoisotopic (exact) mass is 235 g/mol. The Morgan fingerprint density at radius 1 is 1.35 bits per heavy atom. The molecule has 0 spiro atoms. The third-order valence-electron chi connectivity index (χ3n) is 2.95. The first-order chi connectivity index (χ1) is 7.71. The fraction of sp³-hybridized carbons (Fsp3) is 0.500. The minimum atomic E-state index is -0.898. The van der Waals surface area contributed by atoms with E-state index in [2.05, 4.69) is 39.0 Å². The van der Waals surface area contributed by atoms with Crippen LogP contribution in [0, 0.1) is 6.92 Å². The molecule has 17 heavy (non-hydrogen) atoms. The van der Waals surface area contributed by atoms with E-state index in [9.17, 15) is 4.79 Å². The zero-order valence-corrected chi connectivity index (χ0v) is 11.2. The van der Waals surface area contributed by atoms with Gasteiger partial charge in [0.1, 0.15) is 0 Å². The van der Waals surface area contributed by atoms with E-state index in [1.807, 2.05) is 6.92 Å². The van der Waals surface area contributed by atoms with Crippen LogP contribution in [0.25, 0.3) is 0 Å². The van der Waals surface area contributed by atoms with Gasteiger partial charge in [0.2, 0.25) is 0 Å². The van der Waals surface area contributed by atoms with E-state index in [0.717, 1.165) is 11.1 Å². The van der Waals surface area contributed by atoms with Gasteiger partial charge in [-0.05, 0) is 29.0 Å². The first kappa shape index (κ1) is 13.6. The summed E-state index contributed by atoms with van der Waals surface area (Å²) in [7, 11) is 1.59. The minimum absolute atomic E-state index is 0.0875. The Hall–Kier alpha value is -1.51. The number of benzene rings is 1. The van der Waals surface area contributed by atoms with Crippen molar-refractivity contribution in [2.24, 2.45) is 0 Å². The summed E-state index contributed by atoms with van der Waals surface area (Å²) in [5.74, 6) is 0. The summed E-state index contributed by atoms with van der Waals surface area (Å²) in [5, 5.41) is 8.89. The second kappa shape index (κ2) is 4.78. The number of aryl methyl sites for hydroxylation is 1. The minimum Gasteiger partial charge on any atom is -0.465 e. The Labute approximate surface area is 103 Å². The lowest BCUT2D eigenvalue weighted by atomic mass is 9.85. The summed E-state index contributed by atoms with van der Waals surface area (Å²) in [5.41, 5.74) is 3.52. The first-order valence-corrected chi connectivity index (χ1v) is 5.76. The highest BCUT2D eigenvalue weighted by molar-refractivity contribution is 5.64. The molecule has 0 fully saturated rings. The number of hydrogen-bond donors (Lipinski definition) is 1. The topological polar surface area (TPSA) is 40.5 Å². The van der Waals surface area contributed by atoms with Crippen LogP contribution in [-0.4, -0.2) is 23.1 Å². The van der Waals surface area contributed by atoms with Crippen molar-refractivity contribution in [3.8, 4) is 0 Å². The molecular weight excluding hydrogens is 214 g/mol. The molecule has 0 saturated carbocycles. The zero-order valence-electron chi connectivity index (χ0n) is 11.2. The van der Waals surface area contributed by atoms with Crippen LogP contribution in [0.2, 0.25) is 0 Å². The second-order valence-corrected chi connectivity index (χ2v) is 5.53. The van der Waals surface area contributed by atoms with Crippen molar-refractivity contribution >= 4 is 6.09 Å². The molecule has 0 saturated heterocycles. The number of rotatable bonds is 2. The third-order valence-corrected chi connectivity index (χ3v) is 2.95. The maximum absolute atomic E-state index is 10.8. The number of nitrogens with zero attached hydrogens (tertiary/aromatic N) is 1. The summed E-state index contributed by atoms with van der Waals surface area (Å²) < 4.78 is 0. The lowest BCUT2D eigenvalue weighted by molar-refractivity contribution is 0.153. The van der Waals surface area contributed by atoms with Gasteiger partial charge in [-0.15, -0.1) is 0 Å². The van der Waals surface area contributed by atoms with Gasteiger partial charge in [-0.25, -0.2) is 4.79 Å². The van der Waals surface area contributed by atoms with E-state index in [-0.39, 0.29) is 5.41 Å². The van der Waals surface area contributed by atoms with E-state index in [4.69, 9.17) is 5.11 Å². The number of carbonyl (C=O) groups is 1. The lowest BCUT2D eigenvalue weighted by Gasteiger charge is -2.22. The highest BCUT2D eigenvalue weighted by Crippen LogP contribution is 2.24. The molecule has 0 aliphatic carbocycles. The molecule has 0 aliphatic heterocycles. The second-order valence-electron chi connectivity index (χ2n) is 5.53. The molecular formula is C14H21NO2. The molecule has 1 aromatic carbocycles. The molecule has 1 aromatic rings. The highest BCUT2D eigenvalue weighted by atomic mass is 16.4. The molecule has 0 unspecified atom stereocenters.